The highest BCUT2D eigenvalue weighted by Crippen LogP contribution is 2.67. The highest BCUT2D eigenvalue weighted by Gasteiger charge is 2.66. The van der Waals surface area contributed by atoms with Crippen molar-refractivity contribution in [2.24, 2.45) is 44.9 Å². The van der Waals surface area contributed by atoms with E-state index in [4.69, 9.17) is 9.73 Å². The topological polar surface area (TPSA) is 62.1 Å². The molecule has 0 aromatic heterocycles. The van der Waals surface area contributed by atoms with Gasteiger partial charge in [-0.05, 0) is 76.3 Å². The van der Waals surface area contributed by atoms with Gasteiger partial charge in [-0.25, -0.2) is 0 Å². The first-order valence-electron chi connectivity index (χ1n) is 13.5. The minimum atomic E-state index is -0.365. The molecular weight excluding hydrogens is 424 g/mol. The van der Waals surface area contributed by atoms with E-state index in [1.54, 1.807) is 0 Å². The van der Waals surface area contributed by atoms with Gasteiger partial charge >= 0.3 is 0 Å². The second kappa shape index (κ2) is 8.73. The number of aliphatic imine (C=N–C) groups is 1. The van der Waals surface area contributed by atoms with Crippen molar-refractivity contribution in [1.29, 1.82) is 0 Å². The van der Waals surface area contributed by atoms with Crippen LogP contribution in [0.1, 0.15) is 80.6 Å². The Labute approximate surface area is 207 Å². The van der Waals surface area contributed by atoms with Crippen molar-refractivity contribution in [1.82, 2.24) is 4.90 Å². The number of aliphatic hydroxyl groups is 1. The van der Waals surface area contributed by atoms with Gasteiger partial charge in [-0.3, -0.25) is 9.79 Å². The van der Waals surface area contributed by atoms with Crippen molar-refractivity contribution in [3.8, 4) is 0 Å². The van der Waals surface area contributed by atoms with Crippen LogP contribution in [0.15, 0.2) is 16.6 Å². The van der Waals surface area contributed by atoms with Gasteiger partial charge in [0.15, 0.2) is 5.90 Å². The summed E-state index contributed by atoms with van der Waals surface area (Å²) in [6.07, 6.45) is 6.45. The Hall–Kier alpha value is -1.20. The molecule has 0 spiro atoms. The van der Waals surface area contributed by atoms with Crippen LogP contribution in [0.5, 0.6) is 0 Å². The minimum absolute atomic E-state index is 0.00161. The highest BCUT2D eigenvalue weighted by atomic mass is 16.5. The number of carbonyl (C=O) groups is 1. The molecule has 1 aliphatic heterocycles. The molecule has 2 saturated carbocycles. The van der Waals surface area contributed by atoms with Gasteiger partial charge in [0.1, 0.15) is 5.78 Å². The smallest absolute Gasteiger partial charge is 0.180 e. The van der Waals surface area contributed by atoms with Gasteiger partial charge in [0.25, 0.3) is 0 Å². The van der Waals surface area contributed by atoms with Crippen LogP contribution in [0, 0.1) is 39.9 Å². The van der Waals surface area contributed by atoms with Crippen molar-refractivity contribution in [2.45, 2.75) is 98.8 Å². The second-order valence-electron chi connectivity index (χ2n) is 13.1. The molecular formula is C29H48N2O3. The first-order chi connectivity index (χ1) is 15.8. The summed E-state index contributed by atoms with van der Waals surface area (Å²) in [6.45, 7) is 16.4. The van der Waals surface area contributed by atoms with E-state index in [0.29, 0.717) is 18.1 Å². The maximum Gasteiger partial charge on any atom is 0.180 e. The summed E-state index contributed by atoms with van der Waals surface area (Å²) in [6, 6.07) is 0.507. The largest absolute Gasteiger partial charge is 0.481 e. The maximum atomic E-state index is 13.4. The second-order valence-corrected chi connectivity index (χ2v) is 13.1. The molecule has 192 valence electrons. The molecule has 34 heavy (non-hydrogen) atoms. The number of hydrogen-bond acceptors (Lipinski definition) is 5. The van der Waals surface area contributed by atoms with Crippen LogP contribution >= 0.6 is 0 Å². The molecule has 0 unspecified atom stereocenters. The van der Waals surface area contributed by atoms with Crippen LogP contribution in [-0.4, -0.2) is 60.6 Å². The lowest BCUT2D eigenvalue weighted by Gasteiger charge is -2.56. The van der Waals surface area contributed by atoms with Gasteiger partial charge in [-0.15, -0.1) is 0 Å². The lowest BCUT2D eigenvalue weighted by atomic mass is 9.48. The van der Waals surface area contributed by atoms with Gasteiger partial charge in [0.05, 0.1) is 18.8 Å². The molecule has 1 N–H and O–H groups in total. The Morgan fingerprint density at radius 1 is 1.21 bits per heavy atom. The molecule has 0 bridgehead atoms. The molecule has 4 aliphatic rings. The third kappa shape index (κ3) is 3.72. The summed E-state index contributed by atoms with van der Waals surface area (Å²) < 4.78 is 5.97. The Bertz CT molecular complexity index is 881. The summed E-state index contributed by atoms with van der Waals surface area (Å²) in [4.78, 5) is 20.5. The number of ketones is 1. The molecule has 1 heterocycles. The third-order valence-electron chi connectivity index (χ3n) is 11.4. The number of ether oxygens (including phenoxy) is 1. The number of Topliss-reactive ketones (excluding diaryl/α,β-unsaturated/α-hetero) is 1. The molecule has 2 fully saturated rings. The average Bonchev–Trinajstić information content (AvgIpc) is 2.95. The van der Waals surface area contributed by atoms with Gasteiger partial charge in [-0.2, -0.15) is 0 Å². The Balaban J connectivity index is 1.63. The predicted molar refractivity (Wildman–Crippen MR) is 138 cm³/mol. The zero-order valence-corrected chi connectivity index (χ0v) is 23.0. The van der Waals surface area contributed by atoms with E-state index in [1.165, 1.54) is 5.57 Å². The monoisotopic (exact) mass is 472 g/mol. The Morgan fingerprint density at radius 2 is 1.88 bits per heavy atom. The average molecular weight is 473 g/mol. The van der Waals surface area contributed by atoms with E-state index in [9.17, 15) is 9.90 Å². The molecule has 0 aromatic carbocycles. The zero-order valence-electron chi connectivity index (χ0n) is 23.0. The quantitative estimate of drug-likeness (QED) is 0.564. The van der Waals surface area contributed by atoms with Crippen LogP contribution in [0.3, 0.4) is 0 Å². The van der Waals surface area contributed by atoms with Crippen LogP contribution in [0.25, 0.3) is 0 Å². The lowest BCUT2D eigenvalue weighted by Crippen LogP contribution is -2.55. The van der Waals surface area contributed by atoms with Crippen LogP contribution in [0.4, 0.5) is 0 Å². The molecule has 3 aliphatic carbocycles. The van der Waals surface area contributed by atoms with Gasteiger partial charge < -0.3 is 14.7 Å². The summed E-state index contributed by atoms with van der Waals surface area (Å²) >= 11 is 0. The summed E-state index contributed by atoms with van der Waals surface area (Å²) in [7, 11) is 4.18. The molecule has 0 saturated heterocycles. The number of nitrogens with zero attached hydrogens (tertiary/aromatic N) is 2. The highest BCUT2D eigenvalue weighted by molar-refractivity contribution is 5.83. The maximum absolute atomic E-state index is 13.4. The van der Waals surface area contributed by atoms with E-state index in [1.807, 2.05) is 6.92 Å². The number of fused-ring (bicyclic) bond motifs is 2. The fraction of sp³-hybridized carbons (Fsp3) is 0.862. The lowest BCUT2D eigenvalue weighted by molar-refractivity contribution is -0.146. The van der Waals surface area contributed by atoms with E-state index < -0.39 is 0 Å². The molecule has 4 rings (SSSR count). The van der Waals surface area contributed by atoms with Crippen molar-refractivity contribution in [3.05, 3.63) is 11.6 Å². The number of hydrogen-bond donors (Lipinski definition) is 1. The van der Waals surface area contributed by atoms with Crippen molar-refractivity contribution in [2.75, 3.05) is 20.7 Å². The van der Waals surface area contributed by atoms with Crippen molar-refractivity contribution in [3.63, 3.8) is 0 Å². The molecule has 5 nitrogen and oxygen atoms in total. The summed E-state index contributed by atoms with van der Waals surface area (Å²) in [5.41, 5.74) is 1.20. The van der Waals surface area contributed by atoms with E-state index in [0.717, 1.165) is 38.2 Å². The SMILES string of the molecule is CC1=CC[C@@H]2N=C(C)OC[C@@]2(C)[C@@H]1CC[C@@H]1[C@@H](C)C(=O)C[C@]2(C)[C@@H]([C@H](C)N(C)C)[C@H](O)C[C@@]12C. The van der Waals surface area contributed by atoms with Crippen molar-refractivity contribution < 1.29 is 14.6 Å². The number of carbonyl (C=O) groups excluding carboxylic acids is 1. The van der Waals surface area contributed by atoms with Crippen LogP contribution in [0.2, 0.25) is 0 Å². The van der Waals surface area contributed by atoms with Gasteiger partial charge in [0.2, 0.25) is 0 Å². The molecule has 5 heteroatoms. The molecule has 0 radical (unpaired) electrons. The Morgan fingerprint density at radius 3 is 2.53 bits per heavy atom. The normalized spacial score (nSPS) is 47.4. The molecule has 10 atom stereocenters. The number of aliphatic hydroxyl groups excluding tert-OH is 1. The van der Waals surface area contributed by atoms with Crippen LogP contribution in [-0.2, 0) is 9.53 Å². The molecule has 0 aromatic rings. The van der Waals surface area contributed by atoms with E-state index in [2.05, 4.69) is 66.6 Å². The third-order valence-corrected chi connectivity index (χ3v) is 11.4. The summed E-state index contributed by atoms with van der Waals surface area (Å²) in [5.74, 6) is 2.03. The number of allylic oxidation sites excluding steroid dienone is 1. The predicted octanol–water partition coefficient (Wildman–Crippen LogP) is 5.12. The first-order valence-corrected chi connectivity index (χ1v) is 13.5. The van der Waals surface area contributed by atoms with Crippen LogP contribution < -0.4 is 0 Å². The standard InChI is InChI=1S/C29H48N2O3/c1-17-10-13-25-27(5,16-34-20(4)30-25)21(17)11-12-22-18(2)23(32)14-29(7)26(19(3)31(8)9)24(33)15-28(22,29)6/h10,18-19,21-22,24-26,33H,11-16H2,1-9H3/t18-,19+,21-,22-,24-,25+,26+,27+,28+,29-/m1/s1. The number of rotatable bonds is 5. The van der Waals surface area contributed by atoms with E-state index in [-0.39, 0.29) is 52.2 Å². The first kappa shape index (κ1) is 25.9. The Kier molecular flexibility index (Phi) is 6.64. The van der Waals surface area contributed by atoms with Crippen molar-refractivity contribution >= 4 is 11.7 Å². The fourth-order valence-corrected chi connectivity index (χ4v) is 8.82. The minimum Gasteiger partial charge on any atom is -0.481 e. The van der Waals surface area contributed by atoms with Gasteiger partial charge in [0, 0.05) is 36.6 Å². The van der Waals surface area contributed by atoms with Gasteiger partial charge in [-0.1, -0.05) is 39.3 Å². The molecule has 0 amide bonds. The zero-order chi connectivity index (χ0) is 25.2. The van der Waals surface area contributed by atoms with E-state index >= 15 is 0 Å². The fourth-order valence-electron chi connectivity index (χ4n) is 8.82. The summed E-state index contributed by atoms with van der Waals surface area (Å²) in [5, 5.41) is 11.4.